The quantitative estimate of drug-likeness (QED) is 0.396. The summed E-state index contributed by atoms with van der Waals surface area (Å²) in [6.07, 6.45) is 1.37. The van der Waals surface area contributed by atoms with E-state index >= 15 is 0 Å². The number of hydrogen-bond acceptors (Lipinski definition) is 5. The molecule has 0 bridgehead atoms. The number of anilines is 2. The van der Waals surface area contributed by atoms with Crippen LogP contribution in [0.5, 0.6) is 5.75 Å². The second-order valence-electron chi connectivity index (χ2n) is 7.71. The number of benzene rings is 3. The number of carbonyl (C=O) groups excluding carboxylic acids is 4. The van der Waals surface area contributed by atoms with Crippen molar-refractivity contribution in [1.29, 1.82) is 0 Å². The maximum atomic E-state index is 12.9. The number of rotatable bonds is 6. The number of nitrogens with one attached hydrogen (secondary N) is 2. The van der Waals surface area contributed by atoms with Crippen molar-refractivity contribution in [1.82, 2.24) is 5.32 Å². The largest absolute Gasteiger partial charge is 0.484 e. The number of halogens is 1. The van der Waals surface area contributed by atoms with Gasteiger partial charge in [-0.25, -0.2) is 9.69 Å². The predicted molar refractivity (Wildman–Crippen MR) is 132 cm³/mol. The molecule has 1 saturated heterocycles. The highest BCUT2D eigenvalue weighted by atomic mass is 35.5. The average molecular weight is 490 g/mol. The molecule has 9 heteroatoms. The zero-order valence-electron chi connectivity index (χ0n) is 18.6. The van der Waals surface area contributed by atoms with E-state index in [9.17, 15) is 19.2 Å². The van der Waals surface area contributed by atoms with Crippen molar-refractivity contribution in [2.75, 3.05) is 16.8 Å². The molecule has 5 amide bonds. The molecule has 0 aromatic heterocycles. The SMILES string of the molecule is Cc1ccc(NC(=O)COc2ccc(/C=C3\C(=O)NC(=O)N(c4cccc(Cl)c4)C3=O)cc2)cc1. The molecule has 1 aliphatic rings. The smallest absolute Gasteiger partial charge is 0.335 e. The molecule has 2 N–H and O–H groups in total. The molecule has 35 heavy (non-hydrogen) atoms. The van der Waals surface area contributed by atoms with Crippen molar-refractivity contribution in [3.63, 3.8) is 0 Å². The minimum Gasteiger partial charge on any atom is -0.484 e. The highest BCUT2D eigenvalue weighted by Crippen LogP contribution is 2.25. The van der Waals surface area contributed by atoms with Crippen molar-refractivity contribution < 1.29 is 23.9 Å². The molecule has 4 rings (SSSR count). The van der Waals surface area contributed by atoms with Gasteiger partial charge in [-0.2, -0.15) is 0 Å². The summed E-state index contributed by atoms with van der Waals surface area (Å²) in [5, 5.41) is 5.25. The first-order valence-electron chi connectivity index (χ1n) is 10.6. The van der Waals surface area contributed by atoms with E-state index in [1.807, 2.05) is 19.1 Å². The first-order chi connectivity index (χ1) is 16.8. The molecule has 1 fully saturated rings. The van der Waals surface area contributed by atoms with Gasteiger partial charge in [0.1, 0.15) is 11.3 Å². The molecular formula is C26H20ClN3O5. The topological polar surface area (TPSA) is 105 Å². The van der Waals surface area contributed by atoms with E-state index in [1.54, 1.807) is 48.5 Å². The molecule has 0 aliphatic carbocycles. The van der Waals surface area contributed by atoms with Crippen LogP contribution in [-0.2, 0) is 14.4 Å². The minimum atomic E-state index is -0.855. The third-order valence-corrected chi connectivity index (χ3v) is 5.30. The Labute approximate surface area is 206 Å². The van der Waals surface area contributed by atoms with Crippen LogP contribution >= 0.6 is 11.6 Å². The van der Waals surface area contributed by atoms with Gasteiger partial charge in [0.2, 0.25) is 0 Å². The average Bonchev–Trinajstić information content (AvgIpc) is 2.82. The van der Waals surface area contributed by atoms with Crippen LogP contribution in [0.4, 0.5) is 16.2 Å². The van der Waals surface area contributed by atoms with E-state index in [1.165, 1.54) is 18.2 Å². The molecule has 3 aromatic rings. The molecule has 0 unspecified atom stereocenters. The van der Waals surface area contributed by atoms with Crippen LogP contribution in [0.3, 0.4) is 0 Å². The lowest BCUT2D eigenvalue weighted by Crippen LogP contribution is -2.54. The normalized spacial score (nSPS) is 14.6. The van der Waals surface area contributed by atoms with Gasteiger partial charge in [-0.05, 0) is 61.0 Å². The molecule has 1 heterocycles. The van der Waals surface area contributed by atoms with Gasteiger partial charge in [0.25, 0.3) is 17.7 Å². The van der Waals surface area contributed by atoms with Gasteiger partial charge in [-0.1, -0.05) is 47.5 Å². The van der Waals surface area contributed by atoms with Crippen molar-refractivity contribution >= 4 is 52.8 Å². The lowest BCUT2D eigenvalue weighted by molar-refractivity contribution is -0.122. The van der Waals surface area contributed by atoms with Gasteiger partial charge < -0.3 is 10.1 Å². The highest BCUT2D eigenvalue weighted by molar-refractivity contribution is 6.39. The Balaban J connectivity index is 1.43. The molecule has 0 radical (unpaired) electrons. The van der Waals surface area contributed by atoms with E-state index in [2.05, 4.69) is 10.6 Å². The number of hydrogen-bond donors (Lipinski definition) is 2. The summed E-state index contributed by atoms with van der Waals surface area (Å²) in [6, 6.07) is 19.2. The maximum absolute atomic E-state index is 12.9. The minimum absolute atomic E-state index is 0.189. The molecule has 176 valence electrons. The van der Waals surface area contributed by atoms with Gasteiger partial charge in [-0.15, -0.1) is 0 Å². The number of carbonyl (C=O) groups is 4. The summed E-state index contributed by atoms with van der Waals surface area (Å²) in [7, 11) is 0. The number of imide groups is 2. The van der Waals surface area contributed by atoms with Crippen molar-refractivity contribution in [2.45, 2.75) is 6.92 Å². The molecule has 1 aliphatic heterocycles. The van der Waals surface area contributed by atoms with Gasteiger partial charge in [0.05, 0.1) is 5.69 Å². The number of amides is 5. The van der Waals surface area contributed by atoms with Gasteiger partial charge in [-0.3, -0.25) is 19.7 Å². The van der Waals surface area contributed by atoms with E-state index in [0.717, 1.165) is 10.5 Å². The van der Waals surface area contributed by atoms with Gasteiger partial charge >= 0.3 is 6.03 Å². The third kappa shape index (κ3) is 5.74. The van der Waals surface area contributed by atoms with Crippen molar-refractivity contribution in [3.8, 4) is 5.75 Å². The van der Waals surface area contributed by atoms with Crippen LogP contribution in [0.1, 0.15) is 11.1 Å². The van der Waals surface area contributed by atoms with Crippen molar-refractivity contribution in [2.24, 2.45) is 0 Å². The lowest BCUT2D eigenvalue weighted by atomic mass is 10.1. The Morgan fingerprint density at radius 3 is 2.43 bits per heavy atom. The van der Waals surface area contributed by atoms with Crippen LogP contribution in [0.25, 0.3) is 6.08 Å². The Bertz CT molecular complexity index is 1330. The predicted octanol–water partition coefficient (Wildman–Crippen LogP) is 4.33. The molecule has 0 spiro atoms. The number of nitrogens with zero attached hydrogens (tertiary/aromatic N) is 1. The van der Waals surface area contributed by atoms with E-state index in [0.29, 0.717) is 22.0 Å². The fourth-order valence-electron chi connectivity index (χ4n) is 3.32. The second-order valence-corrected chi connectivity index (χ2v) is 8.15. The standard InChI is InChI=1S/C26H20ClN3O5/c1-16-5-9-19(10-6-16)28-23(31)15-35-21-11-7-17(8-12-21)13-22-24(32)29-26(34)30(25(22)33)20-4-2-3-18(27)14-20/h2-14H,15H2,1H3,(H,28,31)(H,29,32,34)/b22-13+. The van der Waals surface area contributed by atoms with E-state index < -0.39 is 17.8 Å². The summed E-state index contributed by atoms with van der Waals surface area (Å²) in [5.74, 6) is -1.45. The number of ether oxygens (including phenoxy) is 1. The molecular weight excluding hydrogens is 470 g/mol. The number of urea groups is 1. The van der Waals surface area contributed by atoms with E-state index in [4.69, 9.17) is 16.3 Å². The maximum Gasteiger partial charge on any atom is 0.335 e. The number of aryl methyl sites for hydroxylation is 1. The molecule has 8 nitrogen and oxygen atoms in total. The first kappa shape index (κ1) is 23.7. The fraction of sp³-hybridized carbons (Fsp3) is 0.0769. The van der Waals surface area contributed by atoms with Crippen LogP contribution < -0.4 is 20.3 Å². The van der Waals surface area contributed by atoms with Crippen molar-refractivity contribution in [3.05, 3.63) is 94.5 Å². The van der Waals surface area contributed by atoms with Crippen LogP contribution in [0, 0.1) is 6.92 Å². The fourth-order valence-corrected chi connectivity index (χ4v) is 3.50. The van der Waals surface area contributed by atoms with Crippen LogP contribution in [0.2, 0.25) is 5.02 Å². The highest BCUT2D eigenvalue weighted by Gasteiger charge is 2.36. The Morgan fingerprint density at radius 1 is 1.03 bits per heavy atom. The summed E-state index contributed by atoms with van der Waals surface area (Å²) in [4.78, 5) is 50.5. The van der Waals surface area contributed by atoms with Crippen LogP contribution in [0.15, 0.2) is 78.4 Å². The molecule has 3 aromatic carbocycles. The second kappa shape index (κ2) is 10.2. The van der Waals surface area contributed by atoms with E-state index in [-0.39, 0.29) is 23.8 Å². The first-order valence-corrected chi connectivity index (χ1v) is 10.9. The summed E-state index contributed by atoms with van der Waals surface area (Å²) in [5.41, 5.74) is 2.32. The Hall–Kier alpha value is -4.43. The van der Waals surface area contributed by atoms with Gasteiger partial charge in [0.15, 0.2) is 6.61 Å². The zero-order valence-corrected chi connectivity index (χ0v) is 19.3. The third-order valence-electron chi connectivity index (χ3n) is 5.06. The summed E-state index contributed by atoms with van der Waals surface area (Å²) < 4.78 is 5.51. The van der Waals surface area contributed by atoms with Crippen LogP contribution in [-0.4, -0.2) is 30.4 Å². The Kier molecular flexibility index (Phi) is 6.93. The Morgan fingerprint density at radius 2 is 1.74 bits per heavy atom. The monoisotopic (exact) mass is 489 g/mol. The number of barbiturate groups is 1. The summed E-state index contributed by atoms with van der Waals surface area (Å²) in [6.45, 7) is 1.77. The summed E-state index contributed by atoms with van der Waals surface area (Å²) >= 11 is 5.97. The molecule has 0 saturated carbocycles. The van der Waals surface area contributed by atoms with Gasteiger partial charge in [0, 0.05) is 10.7 Å². The lowest BCUT2D eigenvalue weighted by Gasteiger charge is -2.26. The zero-order chi connectivity index (χ0) is 24.9. The molecule has 0 atom stereocenters.